The quantitative estimate of drug-likeness (QED) is 0.552. The van der Waals surface area contributed by atoms with E-state index < -0.39 is 10.9 Å². The molecule has 1 N–H and O–H groups in total. The monoisotopic (exact) mass is 295 g/mol. The van der Waals surface area contributed by atoms with Crippen molar-refractivity contribution >= 4 is 17.3 Å². The number of aliphatic carboxylic acids is 1. The minimum Gasteiger partial charge on any atom is -0.481 e. The zero-order chi connectivity index (χ0) is 15.8. The Labute approximate surface area is 123 Å². The lowest BCUT2D eigenvalue weighted by Crippen LogP contribution is -2.29. The van der Waals surface area contributed by atoms with Gasteiger partial charge in [-0.2, -0.15) is 0 Å². The average molecular weight is 295 g/mol. The second-order valence-electron chi connectivity index (χ2n) is 5.06. The number of hydrogen-bond acceptors (Lipinski definition) is 5. The molecule has 0 heterocycles. The first kappa shape index (κ1) is 16.9. The molecule has 0 unspecified atom stereocenters. The molecule has 0 saturated carbocycles. The van der Waals surface area contributed by atoms with Crippen LogP contribution in [0.4, 0.5) is 11.4 Å². The third-order valence-electron chi connectivity index (χ3n) is 3.03. The molecule has 7 heteroatoms. The van der Waals surface area contributed by atoms with Gasteiger partial charge in [-0.05, 0) is 33.1 Å². The van der Waals surface area contributed by atoms with Crippen LogP contribution < -0.4 is 4.90 Å². The molecule has 0 amide bonds. The molecule has 1 aromatic rings. The van der Waals surface area contributed by atoms with Crippen LogP contribution in [0, 0.1) is 10.1 Å². The summed E-state index contributed by atoms with van der Waals surface area (Å²) in [5.41, 5.74) is 0.699. The molecule has 1 rings (SSSR count). The lowest BCUT2D eigenvalue weighted by molar-refractivity contribution is -0.384. The number of carbonyl (C=O) groups is 1. The van der Waals surface area contributed by atoms with Crippen LogP contribution >= 0.6 is 0 Å². The predicted octanol–water partition coefficient (Wildman–Crippen LogP) is 1.83. The van der Waals surface area contributed by atoms with Gasteiger partial charge in [-0.25, -0.2) is 0 Å². The molecule has 0 aliphatic carbocycles. The van der Waals surface area contributed by atoms with Crippen molar-refractivity contribution in [1.82, 2.24) is 4.90 Å². The van der Waals surface area contributed by atoms with E-state index in [-0.39, 0.29) is 12.1 Å². The van der Waals surface area contributed by atoms with Crippen LogP contribution in [-0.2, 0) is 4.79 Å². The van der Waals surface area contributed by atoms with Crippen molar-refractivity contribution in [3.63, 3.8) is 0 Å². The van der Waals surface area contributed by atoms with Crippen molar-refractivity contribution in [2.45, 2.75) is 12.8 Å². The summed E-state index contributed by atoms with van der Waals surface area (Å²) in [4.78, 5) is 25.1. The lowest BCUT2D eigenvalue weighted by Gasteiger charge is -2.24. The summed E-state index contributed by atoms with van der Waals surface area (Å²) in [5, 5.41) is 19.7. The van der Waals surface area contributed by atoms with E-state index >= 15 is 0 Å². The van der Waals surface area contributed by atoms with Gasteiger partial charge in [-0.3, -0.25) is 14.9 Å². The maximum absolute atomic E-state index is 10.8. The normalized spacial score (nSPS) is 10.6. The topological polar surface area (TPSA) is 86.9 Å². The summed E-state index contributed by atoms with van der Waals surface area (Å²) in [6.45, 7) is 1.87. The standard InChI is InChI=1S/C14H21N3O4/c1-15(2)8-4-9-16(10-7-14(18)19)12-5-3-6-13(11-12)17(20)21/h3,5-6,11H,4,7-10H2,1-2H3,(H,18,19). The van der Waals surface area contributed by atoms with Gasteiger partial charge in [0.15, 0.2) is 0 Å². The Morgan fingerprint density at radius 3 is 2.57 bits per heavy atom. The van der Waals surface area contributed by atoms with Crippen molar-refractivity contribution in [2.75, 3.05) is 38.6 Å². The van der Waals surface area contributed by atoms with Crippen molar-refractivity contribution in [3.8, 4) is 0 Å². The number of anilines is 1. The van der Waals surface area contributed by atoms with Crippen LogP contribution in [0.3, 0.4) is 0 Å². The van der Waals surface area contributed by atoms with Crippen LogP contribution in [0.15, 0.2) is 24.3 Å². The highest BCUT2D eigenvalue weighted by Crippen LogP contribution is 2.21. The van der Waals surface area contributed by atoms with Gasteiger partial charge in [-0.15, -0.1) is 0 Å². The molecule has 0 aliphatic rings. The Balaban J connectivity index is 2.80. The molecule has 0 bridgehead atoms. The summed E-state index contributed by atoms with van der Waals surface area (Å²) in [7, 11) is 3.93. The maximum Gasteiger partial charge on any atom is 0.305 e. The van der Waals surface area contributed by atoms with Gasteiger partial charge in [0.1, 0.15) is 0 Å². The van der Waals surface area contributed by atoms with E-state index in [0.29, 0.717) is 18.8 Å². The van der Waals surface area contributed by atoms with Gasteiger partial charge >= 0.3 is 5.97 Å². The summed E-state index contributed by atoms with van der Waals surface area (Å²) < 4.78 is 0. The third-order valence-corrected chi connectivity index (χ3v) is 3.03. The van der Waals surface area contributed by atoms with Gasteiger partial charge in [0.05, 0.1) is 11.3 Å². The molecule has 0 atom stereocenters. The maximum atomic E-state index is 10.8. The first-order chi connectivity index (χ1) is 9.90. The highest BCUT2D eigenvalue weighted by molar-refractivity contribution is 5.67. The molecule has 7 nitrogen and oxygen atoms in total. The Morgan fingerprint density at radius 2 is 2.00 bits per heavy atom. The second kappa shape index (κ2) is 8.21. The molecule has 0 saturated heterocycles. The van der Waals surface area contributed by atoms with E-state index in [1.54, 1.807) is 12.1 Å². The number of carboxylic acid groups (broad SMARTS) is 1. The van der Waals surface area contributed by atoms with Gasteiger partial charge in [0, 0.05) is 30.9 Å². The highest BCUT2D eigenvalue weighted by atomic mass is 16.6. The first-order valence-corrected chi connectivity index (χ1v) is 6.76. The zero-order valence-electron chi connectivity index (χ0n) is 12.4. The summed E-state index contributed by atoms with van der Waals surface area (Å²) in [6.07, 6.45) is 0.861. The fourth-order valence-electron chi connectivity index (χ4n) is 1.98. The summed E-state index contributed by atoms with van der Waals surface area (Å²) in [6, 6.07) is 6.30. The van der Waals surface area contributed by atoms with Crippen LogP contribution in [-0.4, -0.2) is 54.6 Å². The zero-order valence-corrected chi connectivity index (χ0v) is 12.4. The first-order valence-electron chi connectivity index (χ1n) is 6.76. The molecule has 0 aliphatic heterocycles. The van der Waals surface area contributed by atoms with Crippen LogP contribution in [0.2, 0.25) is 0 Å². The largest absolute Gasteiger partial charge is 0.481 e. The average Bonchev–Trinajstić information content (AvgIpc) is 2.42. The Bertz CT molecular complexity index is 491. The number of carboxylic acids is 1. The van der Waals surface area contributed by atoms with Crippen molar-refractivity contribution in [3.05, 3.63) is 34.4 Å². The minimum absolute atomic E-state index is 0.00462. The predicted molar refractivity (Wildman–Crippen MR) is 80.7 cm³/mol. The summed E-state index contributed by atoms with van der Waals surface area (Å²) >= 11 is 0. The Hall–Kier alpha value is -2.15. The molecular formula is C14H21N3O4. The molecule has 0 radical (unpaired) electrons. The van der Waals surface area contributed by atoms with E-state index in [4.69, 9.17) is 5.11 Å². The Kier molecular flexibility index (Phi) is 6.61. The molecule has 21 heavy (non-hydrogen) atoms. The molecule has 0 fully saturated rings. The molecular weight excluding hydrogens is 274 g/mol. The van der Waals surface area contributed by atoms with E-state index in [1.807, 2.05) is 23.9 Å². The van der Waals surface area contributed by atoms with Gasteiger partial charge in [-0.1, -0.05) is 6.07 Å². The fraction of sp³-hybridized carbons (Fsp3) is 0.500. The number of nitrogens with zero attached hydrogens (tertiary/aromatic N) is 3. The molecule has 1 aromatic carbocycles. The minimum atomic E-state index is -0.877. The SMILES string of the molecule is CN(C)CCCN(CCC(=O)O)c1cccc([N+](=O)[O-])c1. The lowest BCUT2D eigenvalue weighted by atomic mass is 10.2. The number of nitro groups is 1. The van der Waals surface area contributed by atoms with Crippen molar-refractivity contribution in [2.24, 2.45) is 0 Å². The van der Waals surface area contributed by atoms with Gasteiger partial charge in [0.25, 0.3) is 5.69 Å². The molecule has 0 aromatic heterocycles. The smallest absolute Gasteiger partial charge is 0.305 e. The third kappa shape index (κ3) is 6.22. The van der Waals surface area contributed by atoms with E-state index in [2.05, 4.69) is 0 Å². The molecule has 116 valence electrons. The number of non-ortho nitro benzene ring substituents is 1. The van der Waals surface area contributed by atoms with Gasteiger partial charge in [0.2, 0.25) is 0 Å². The van der Waals surface area contributed by atoms with Crippen molar-refractivity contribution in [1.29, 1.82) is 0 Å². The highest BCUT2D eigenvalue weighted by Gasteiger charge is 2.12. The van der Waals surface area contributed by atoms with E-state index in [1.165, 1.54) is 12.1 Å². The fourth-order valence-corrected chi connectivity index (χ4v) is 1.98. The number of hydrogen-bond donors (Lipinski definition) is 1. The number of rotatable bonds is 9. The van der Waals surface area contributed by atoms with Crippen LogP contribution in [0.5, 0.6) is 0 Å². The Morgan fingerprint density at radius 1 is 1.29 bits per heavy atom. The second-order valence-corrected chi connectivity index (χ2v) is 5.06. The van der Waals surface area contributed by atoms with E-state index in [0.717, 1.165) is 13.0 Å². The van der Waals surface area contributed by atoms with E-state index in [9.17, 15) is 14.9 Å². The van der Waals surface area contributed by atoms with Crippen LogP contribution in [0.1, 0.15) is 12.8 Å². The number of benzene rings is 1. The summed E-state index contributed by atoms with van der Waals surface area (Å²) in [5.74, 6) is -0.877. The number of nitro benzene ring substituents is 1. The molecule has 0 spiro atoms. The van der Waals surface area contributed by atoms with Gasteiger partial charge < -0.3 is 14.9 Å². The van der Waals surface area contributed by atoms with Crippen LogP contribution in [0.25, 0.3) is 0 Å². The van der Waals surface area contributed by atoms with Crippen molar-refractivity contribution < 1.29 is 14.8 Å².